The van der Waals surface area contributed by atoms with Gasteiger partial charge in [-0.2, -0.15) is 0 Å². The lowest BCUT2D eigenvalue weighted by Gasteiger charge is -2.32. The predicted molar refractivity (Wildman–Crippen MR) is 232 cm³/mol. The molecular weight excluding hydrogens is 755 g/mol. The van der Waals surface area contributed by atoms with Gasteiger partial charge >= 0.3 is 11.9 Å². The van der Waals surface area contributed by atoms with Crippen LogP contribution in [-0.2, 0) is 19.5 Å². The van der Waals surface area contributed by atoms with Gasteiger partial charge in [0.25, 0.3) is 0 Å². The minimum atomic E-state index is -1.12. The zero-order valence-corrected chi connectivity index (χ0v) is 35.1. The van der Waals surface area contributed by atoms with Crippen molar-refractivity contribution >= 4 is 11.9 Å². The molecule has 1 fully saturated rings. The summed E-state index contributed by atoms with van der Waals surface area (Å²) in [6.07, 6.45) is 0.770. The van der Waals surface area contributed by atoms with Gasteiger partial charge in [0.1, 0.15) is 22.9 Å². The number of nitrogens with one attached hydrogen (secondary N) is 1. The number of pyridine rings is 2. The van der Waals surface area contributed by atoms with Crippen molar-refractivity contribution in [2.45, 2.75) is 53.2 Å². The second kappa shape index (κ2) is 20.0. The zero-order valence-electron chi connectivity index (χ0n) is 35.1. The van der Waals surface area contributed by atoms with Crippen LogP contribution in [0.1, 0.15) is 82.4 Å². The maximum atomic E-state index is 12.4. The topological polar surface area (TPSA) is 137 Å². The summed E-state index contributed by atoms with van der Waals surface area (Å²) in [5.74, 6) is 12.2. The predicted octanol–water partition coefficient (Wildman–Crippen LogP) is 6.44. The van der Waals surface area contributed by atoms with E-state index in [2.05, 4.69) is 60.9 Å². The Kier molecular flexibility index (Phi) is 14.3. The lowest BCUT2D eigenvalue weighted by atomic mass is 10.0. The van der Waals surface area contributed by atoms with E-state index in [1.54, 1.807) is 14.2 Å². The highest BCUT2D eigenvalue weighted by molar-refractivity contribution is 5.86. The number of aromatic carboxylic acids is 2. The first-order chi connectivity index (χ1) is 28.9. The summed E-state index contributed by atoms with van der Waals surface area (Å²) in [6, 6.07) is 24.9. The first-order valence-corrected chi connectivity index (χ1v) is 19.9. The van der Waals surface area contributed by atoms with E-state index in [0.29, 0.717) is 68.3 Å². The number of hydrogen-bond donors (Lipinski definition) is 3. The second-order valence-electron chi connectivity index (χ2n) is 15.1. The molecule has 11 nitrogen and oxygen atoms in total. The number of benzene rings is 3. The maximum absolute atomic E-state index is 12.4. The highest BCUT2D eigenvalue weighted by Gasteiger charge is 2.24. The molecule has 0 amide bonds. The van der Waals surface area contributed by atoms with E-state index in [4.69, 9.17) is 9.47 Å². The van der Waals surface area contributed by atoms with E-state index in [-0.39, 0.29) is 17.4 Å². The number of rotatable bonds is 10. The van der Waals surface area contributed by atoms with Crippen LogP contribution in [0.5, 0.6) is 11.5 Å². The van der Waals surface area contributed by atoms with Gasteiger partial charge in [-0.1, -0.05) is 54.0 Å². The lowest BCUT2D eigenvalue weighted by Crippen LogP contribution is -2.44. The van der Waals surface area contributed by atoms with Gasteiger partial charge in [-0.05, 0) is 110 Å². The fourth-order valence-corrected chi connectivity index (χ4v) is 7.54. The average molecular weight is 806 g/mol. The van der Waals surface area contributed by atoms with Crippen molar-refractivity contribution in [2.75, 3.05) is 46.9 Å². The van der Waals surface area contributed by atoms with E-state index in [1.807, 2.05) is 82.3 Å². The highest BCUT2D eigenvalue weighted by Crippen LogP contribution is 2.23. The van der Waals surface area contributed by atoms with Gasteiger partial charge in [0.15, 0.2) is 0 Å². The van der Waals surface area contributed by atoms with Crippen LogP contribution in [0.2, 0.25) is 0 Å². The van der Waals surface area contributed by atoms with Crippen LogP contribution >= 0.6 is 0 Å². The van der Waals surface area contributed by atoms with Crippen LogP contribution in [0, 0.1) is 51.4 Å². The molecule has 1 aliphatic rings. The van der Waals surface area contributed by atoms with Crippen LogP contribution in [0.4, 0.5) is 0 Å². The van der Waals surface area contributed by atoms with Crippen molar-refractivity contribution in [1.29, 1.82) is 0 Å². The molecule has 11 heteroatoms. The molecule has 60 heavy (non-hydrogen) atoms. The Labute approximate surface area is 352 Å². The summed E-state index contributed by atoms with van der Waals surface area (Å²) in [5, 5.41) is 23.8. The first-order valence-electron chi connectivity index (χ1n) is 19.9. The molecule has 3 aromatic carbocycles. The van der Waals surface area contributed by atoms with Gasteiger partial charge in [0.05, 0.1) is 25.6 Å². The molecule has 6 rings (SSSR count). The van der Waals surface area contributed by atoms with Gasteiger partial charge < -0.3 is 25.0 Å². The Hall–Kier alpha value is -6.50. The minimum Gasteiger partial charge on any atom is -0.497 e. The van der Waals surface area contributed by atoms with Crippen LogP contribution in [-0.4, -0.2) is 94.9 Å². The summed E-state index contributed by atoms with van der Waals surface area (Å²) in [7, 11) is 3.26. The third kappa shape index (κ3) is 11.4. The molecule has 1 atom stereocenters. The third-order valence-corrected chi connectivity index (χ3v) is 10.6. The molecule has 1 unspecified atom stereocenters. The molecule has 3 N–H and O–H groups in total. The highest BCUT2D eigenvalue weighted by atomic mass is 16.5. The number of hydrogen-bond acceptors (Lipinski definition) is 9. The number of nitrogens with zero attached hydrogens (tertiary/aromatic N) is 4. The van der Waals surface area contributed by atoms with Crippen LogP contribution in [0.3, 0.4) is 0 Å². The monoisotopic (exact) mass is 805 g/mol. The molecule has 0 aliphatic carbocycles. The van der Waals surface area contributed by atoms with Crippen molar-refractivity contribution in [3.63, 3.8) is 0 Å². The summed E-state index contributed by atoms with van der Waals surface area (Å²) in [6.45, 7) is 12.1. The Morgan fingerprint density at radius 1 is 0.683 bits per heavy atom. The van der Waals surface area contributed by atoms with Crippen molar-refractivity contribution in [1.82, 2.24) is 25.1 Å². The van der Waals surface area contributed by atoms with Crippen LogP contribution in [0.25, 0.3) is 0 Å². The fourth-order valence-electron chi connectivity index (χ4n) is 7.54. The van der Waals surface area contributed by atoms with Gasteiger partial charge in [0.2, 0.25) is 0 Å². The molecule has 0 saturated carbocycles. The third-order valence-electron chi connectivity index (χ3n) is 10.6. The molecule has 1 saturated heterocycles. The average Bonchev–Trinajstić information content (AvgIpc) is 3.30. The molecular formula is C49H51N5O6. The number of carboxylic acid groups (broad SMARTS) is 2. The second-order valence-corrected chi connectivity index (χ2v) is 15.1. The largest absolute Gasteiger partial charge is 0.497 e. The van der Waals surface area contributed by atoms with E-state index in [0.717, 1.165) is 51.3 Å². The number of aromatic nitrogens is 2. The summed E-state index contributed by atoms with van der Waals surface area (Å²) >= 11 is 0. The Morgan fingerprint density at radius 3 is 1.67 bits per heavy atom. The van der Waals surface area contributed by atoms with Gasteiger partial charge in [-0.3, -0.25) is 9.80 Å². The van der Waals surface area contributed by atoms with Crippen molar-refractivity contribution in [3.8, 4) is 35.2 Å². The SMILES string of the molecule is COc1cc(C)c(C#Cc2cc(CN3CCNCC(Cc4ccccc4)N(Cc4cc(C#Cc5c(C)cc(OC)cc5C)cc(C(=O)O)n4)CC3)nc(C(=O)O)c2)c(C)c1. The van der Waals surface area contributed by atoms with Gasteiger partial charge in [-0.25, -0.2) is 19.6 Å². The Morgan fingerprint density at radius 2 is 1.18 bits per heavy atom. The zero-order chi connectivity index (χ0) is 42.8. The van der Waals surface area contributed by atoms with E-state index in [1.165, 1.54) is 17.7 Å². The Bertz CT molecular complexity index is 2450. The summed E-state index contributed by atoms with van der Waals surface area (Å²) in [5.41, 5.74) is 9.03. The van der Waals surface area contributed by atoms with Crippen molar-refractivity contribution in [2.24, 2.45) is 0 Å². The summed E-state index contributed by atoms with van der Waals surface area (Å²) in [4.78, 5) is 38.3. The Balaban J connectivity index is 1.29. The van der Waals surface area contributed by atoms with Crippen molar-refractivity contribution < 1.29 is 29.3 Å². The molecule has 1 aliphatic heterocycles. The van der Waals surface area contributed by atoms with E-state index in [9.17, 15) is 19.8 Å². The van der Waals surface area contributed by atoms with Crippen LogP contribution < -0.4 is 14.8 Å². The molecule has 3 heterocycles. The number of carboxylic acids is 2. The molecule has 0 spiro atoms. The lowest BCUT2D eigenvalue weighted by molar-refractivity contribution is 0.0679. The minimum absolute atomic E-state index is 0.0574. The molecule has 2 aromatic heterocycles. The van der Waals surface area contributed by atoms with E-state index >= 15 is 0 Å². The van der Waals surface area contributed by atoms with Gasteiger partial charge in [-0.15, -0.1) is 0 Å². The smallest absolute Gasteiger partial charge is 0.354 e. The fraction of sp³-hybridized carbons (Fsp3) is 0.306. The maximum Gasteiger partial charge on any atom is 0.354 e. The standard InChI is InChI=1S/C49H51N5O6/c1-32-20-42(59-5)21-33(2)44(32)14-12-37-24-39(51-46(27-37)48(55)56)30-53-17-16-50-29-41(26-36-10-8-7-9-11-36)54(19-18-53)31-40-25-38(28-47(52-40)49(57)58)13-15-45-34(3)22-43(60-6)23-35(45)4/h7-11,20-25,27-28,41,50H,16-19,26,29-31H2,1-6H3,(H,55,56)(H,57,58). The molecule has 5 aromatic rings. The number of aryl methyl sites for hydroxylation is 4. The van der Waals surface area contributed by atoms with Crippen molar-refractivity contribution in [3.05, 3.63) is 152 Å². The normalized spacial score (nSPS) is 14.7. The first kappa shape index (κ1) is 43.1. The molecule has 0 radical (unpaired) electrons. The van der Waals surface area contributed by atoms with Gasteiger partial charge in [0, 0.05) is 74.1 Å². The summed E-state index contributed by atoms with van der Waals surface area (Å²) < 4.78 is 10.8. The number of methoxy groups -OCH3 is 2. The number of ether oxygens (including phenoxy) is 2. The van der Waals surface area contributed by atoms with Crippen LogP contribution in [0.15, 0.2) is 78.9 Å². The number of carbonyl (C=O) groups is 2. The quantitative estimate of drug-likeness (QED) is 0.135. The van der Waals surface area contributed by atoms with E-state index < -0.39 is 11.9 Å². The molecule has 308 valence electrons. The molecule has 0 bridgehead atoms.